The van der Waals surface area contributed by atoms with Crippen molar-refractivity contribution in [2.75, 3.05) is 27.2 Å². The van der Waals surface area contributed by atoms with Gasteiger partial charge in [-0.05, 0) is 69.7 Å². The van der Waals surface area contributed by atoms with Crippen molar-refractivity contribution in [1.29, 1.82) is 0 Å². The number of carbonyl (C=O) groups excluding carboxylic acids is 1. The standard InChI is InChI=1S/C23H31N5O2/c1-16-15-28(4)22-21(16)20(9-11-25-22)30-18-8-5-7-17(13-18)14-19(24)23(29)26-10-6-12-27(2)3/h5,7-9,11,13,15,19H,6,10,12,14,24H2,1-4H3,(H,26,29). The van der Waals surface area contributed by atoms with Gasteiger partial charge in [0.25, 0.3) is 0 Å². The summed E-state index contributed by atoms with van der Waals surface area (Å²) in [5, 5.41) is 3.91. The molecule has 30 heavy (non-hydrogen) atoms. The third-order valence-corrected chi connectivity index (χ3v) is 5.01. The van der Waals surface area contributed by atoms with Gasteiger partial charge in [0, 0.05) is 26.0 Å². The predicted molar refractivity (Wildman–Crippen MR) is 120 cm³/mol. The zero-order valence-electron chi connectivity index (χ0n) is 18.2. The second kappa shape index (κ2) is 9.73. The molecule has 0 aliphatic heterocycles. The van der Waals surface area contributed by atoms with E-state index in [9.17, 15) is 4.79 Å². The molecule has 3 aromatic rings. The smallest absolute Gasteiger partial charge is 0.237 e. The molecule has 160 valence electrons. The van der Waals surface area contributed by atoms with E-state index in [4.69, 9.17) is 10.5 Å². The average molecular weight is 410 g/mol. The summed E-state index contributed by atoms with van der Waals surface area (Å²) in [7, 11) is 6.00. The number of aromatic nitrogens is 2. The molecule has 3 N–H and O–H groups in total. The molecular weight excluding hydrogens is 378 g/mol. The van der Waals surface area contributed by atoms with Crippen LogP contribution >= 0.6 is 0 Å². The molecule has 3 rings (SSSR count). The molecule has 0 bridgehead atoms. The summed E-state index contributed by atoms with van der Waals surface area (Å²) < 4.78 is 8.16. The molecule has 0 spiro atoms. The maximum absolute atomic E-state index is 12.3. The van der Waals surface area contributed by atoms with Crippen LogP contribution in [0.3, 0.4) is 0 Å². The Hall–Kier alpha value is -2.90. The van der Waals surface area contributed by atoms with Crippen molar-refractivity contribution in [3.8, 4) is 11.5 Å². The molecule has 0 saturated carbocycles. The third kappa shape index (κ3) is 5.37. The van der Waals surface area contributed by atoms with Gasteiger partial charge in [0.05, 0.1) is 11.4 Å². The van der Waals surface area contributed by atoms with E-state index < -0.39 is 6.04 Å². The fourth-order valence-electron chi connectivity index (χ4n) is 3.52. The first-order valence-electron chi connectivity index (χ1n) is 10.2. The second-order valence-electron chi connectivity index (χ2n) is 7.94. The number of benzene rings is 1. The fourth-order valence-corrected chi connectivity index (χ4v) is 3.52. The first-order valence-corrected chi connectivity index (χ1v) is 10.2. The summed E-state index contributed by atoms with van der Waals surface area (Å²) in [6, 6.07) is 8.99. The van der Waals surface area contributed by atoms with Gasteiger partial charge in [-0.1, -0.05) is 12.1 Å². The molecule has 0 fully saturated rings. The number of fused-ring (bicyclic) bond motifs is 1. The van der Waals surface area contributed by atoms with Gasteiger partial charge in [0.2, 0.25) is 5.91 Å². The van der Waals surface area contributed by atoms with Gasteiger partial charge in [0.15, 0.2) is 0 Å². The van der Waals surface area contributed by atoms with Crippen molar-refractivity contribution >= 4 is 16.9 Å². The van der Waals surface area contributed by atoms with Gasteiger partial charge < -0.3 is 25.3 Å². The van der Waals surface area contributed by atoms with Crippen molar-refractivity contribution < 1.29 is 9.53 Å². The van der Waals surface area contributed by atoms with Crippen LogP contribution in [0.2, 0.25) is 0 Å². The topological polar surface area (TPSA) is 85.4 Å². The number of ether oxygens (including phenoxy) is 1. The molecule has 1 amide bonds. The molecule has 2 heterocycles. The number of rotatable bonds is 9. The lowest BCUT2D eigenvalue weighted by molar-refractivity contribution is -0.122. The van der Waals surface area contributed by atoms with Crippen LogP contribution in [-0.2, 0) is 18.3 Å². The number of hydrogen-bond donors (Lipinski definition) is 2. The Kier molecular flexibility index (Phi) is 7.07. The Labute approximate surface area is 177 Å². The molecule has 0 aliphatic carbocycles. The van der Waals surface area contributed by atoms with E-state index >= 15 is 0 Å². The molecular formula is C23H31N5O2. The number of aryl methyl sites for hydroxylation is 2. The molecule has 1 aromatic carbocycles. The predicted octanol–water partition coefficient (Wildman–Crippen LogP) is 2.61. The van der Waals surface area contributed by atoms with Gasteiger partial charge in [0.1, 0.15) is 17.1 Å². The van der Waals surface area contributed by atoms with Gasteiger partial charge in [-0.25, -0.2) is 4.98 Å². The number of amides is 1. The summed E-state index contributed by atoms with van der Waals surface area (Å²) in [5.74, 6) is 1.34. The Morgan fingerprint density at radius 1 is 1.33 bits per heavy atom. The summed E-state index contributed by atoms with van der Waals surface area (Å²) >= 11 is 0. The quantitative estimate of drug-likeness (QED) is 0.531. The molecule has 2 aromatic heterocycles. The van der Waals surface area contributed by atoms with Crippen molar-refractivity contribution in [1.82, 2.24) is 19.8 Å². The van der Waals surface area contributed by atoms with Crippen LogP contribution in [0.15, 0.2) is 42.7 Å². The highest BCUT2D eigenvalue weighted by Gasteiger charge is 2.15. The minimum atomic E-state index is -0.594. The highest BCUT2D eigenvalue weighted by molar-refractivity contribution is 5.87. The third-order valence-electron chi connectivity index (χ3n) is 5.01. The van der Waals surface area contributed by atoms with Crippen LogP contribution in [0, 0.1) is 6.92 Å². The van der Waals surface area contributed by atoms with E-state index in [0.717, 1.165) is 40.9 Å². The van der Waals surface area contributed by atoms with Gasteiger partial charge in [-0.15, -0.1) is 0 Å². The maximum Gasteiger partial charge on any atom is 0.237 e. The fraction of sp³-hybridized carbons (Fsp3) is 0.391. The lowest BCUT2D eigenvalue weighted by Crippen LogP contribution is -2.42. The Balaban J connectivity index is 1.65. The first-order chi connectivity index (χ1) is 14.3. The van der Waals surface area contributed by atoms with Crippen LogP contribution in [0.5, 0.6) is 11.5 Å². The zero-order valence-corrected chi connectivity index (χ0v) is 18.2. The molecule has 0 saturated heterocycles. The molecule has 7 nitrogen and oxygen atoms in total. The minimum absolute atomic E-state index is 0.129. The van der Waals surface area contributed by atoms with E-state index in [1.807, 2.05) is 69.2 Å². The van der Waals surface area contributed by atoms with E-state index in [0.29, 0.717) is 18.7 Å². The monoisotopic (exact) mass is 409 g/mol. The SMILES string of the molecule is Cc1cn(C)c2nccc(Oc3cccc(CC(N)C(=O)NCCCN(C)C)c3)c12. The molecule has 0 aliphatic rings. The van der Waals surface area contributed by atoms with Crippen molar-refractivity contribution in [2.45, 2.75) is 25.8 Å². The number of nitrogens with one attached hydrogen (secondary N) is 1. The van der Waals surface area contributed by atoms with Crippen LogP contribution in [0.4, 0.5) is 0 Å². The molecule has 0 radical (unpaired) electrons. The number of nitrogens with zero attached hydrogens (tertiary/aromatic N) is 3. The van der Waals surface area contributed by atoms with Gasteiger partial charge >= 0.3 is 0 Å². The van der Waals surface area contributed by atoms with E-state index in [1.54, 1.807) is 6.20 Å². The second-order valence-corrected chi connectivity index (χ2v) is 7.94. The summed E-state index contributed by atoms with van der Waals surface area (Å²) in [5.41, 5.74) is 9.07. The number of hydrogen-bond acceptors (Lipinski definition) is 5. The van der Waals surface area contributed by atoms with E-state index in [2.05, 4.69) is 15.2 Å². The lowest BCUT2D eigenvalue weighted by Gasteiger charge is -2.14. The number of pyridine rings is 1. The molecule has 1 atom stereocenters. The van der Waals surface area contributed by atoms with E-state index in [-0.39, 0.29) is 5.91 Å². The zero-order chi connectivity index (χ0) is 21.7. The number of nitrogens with two attached hydrogens (primary N) is 1. The number of carbonyl (C=O) groups is 1. The van der Waals surface area contributed by atoms with Crippen LogP contribution < -0.4 is 15.8 Å². The first kappa shape index (κ1) is 21.8. The minimum Gasteiger partial charge on any atom is -0.457 e. The Bertz CT molecular complexity index is 1010. The lowest BCUT2D eigenvalue weighted by atomic mass is 10.1. The Morgan fingerprint density at radius 3 is 2.90 bits per heavy atom. The molecule has 1 unspecified atom stereocenters. The van der Waals surface area contributed by atoms with E-state index in [1.165, 1.54) is 0 Å². The maximum atomic E-state index is 12.3. The van der Waals surface area contributed by atoms with Gasteiger partial charge in [-0.3, -0.25) is 4.79 Å². The van der Waals surface area contributed by atoms with Crippen molar-refractivity contribution in [3.05, 3.63) is 53.9 Å². The normalized spacial score (nSPS) is 12.3. The van der Waals surface area contributed by atoms with Gasteiger partial charge in [-0.2, -0.15) is 0 Å². The largest absolute Gasteiger partial charge is 0.457 e. The van der Waals surface area contributed by atoms with Crippen molar-refractivity contribution in [2.24, 2.45) is 12.8 Å². The van der Waals surface area contributed by atoms with Crippen LogP contribution in [0.25, 0.3) is 11.0 Å². The average Bonchev–Trinajstić information content (AvgIpc) is 3.00. The molecule has 7 heteroatoms. The van der Waals surface area contributed by atoms with Crippen molar-refractivity contribution in [3.63, 3.8) is 0 Å². The summed E-state index contributed by atoms with van der Waals surface area (Å²) in [6.45, 7) is 3.60. The Morgan fingerprint density at radius 2 is 2.13 bits per heavy atom. The summed E-state index contributed by atoms with van der Waals surface area (Å²) in [4.78, 5) is 18.8. The highest BCUT2D eigenvalue weighted by atomic mass is 16.5. The highest BCUT2D eigenvalue weighted by Crippen LogP contribution is 2.32. The summed E-state index contributed by atoms with van der Waals surface area (Å²) in [6.07, 6.45) is 5.13. The van der Waals surface area contributed by atoms with Crippen LogP contribution in [0.1, 0.15) is 17.5 Å². The van der Waals surface area contributed by atoms with Crippen LogP contribution in [-0.4, -0.2) is 53.6 Å².